The molecule has 2 heterocycles. The number of thiophene rings is 1. The predicted octanol–water partition coefficient (Wildman–Crippen LogP) is 6.16. The maximum atomic E-state index is 14.4. The molecule has 0 radical (unpaired) electrons. The Labute approximate surface area is 275 Å². The number of ether oxygens (including phenoxy) is 6. The number of aliphatic hydroxyl groups is 1. The average Bonchev–Trinajstić information content (AvgIpc) is 3.55. The van der Waals surface area contributed by atoms with E-state index in [0.29, 0.717) is 45.9 Å². The average molecular weight is 663 g/mol. The first-order valence-electron chi connectivity index (χ1n) is 14.7. The molecule has 5 aromatic rings. The molecule has 0 saturated heterocycles. The molecular formula is C35H35FN2O8S. The van der Waals surface area contributed by atoms with Crippen molar-refractivity contribution in [3.8, 4) is 34.1 Å². The number of nitrogens with zero attached hydrogens (tertiary/aromatic N) is 1. The Balaban J connectivity index is 1.21. The lowest BCUT2D eigenvalue weighted by Gasteiger charge is -2.18. The number of halogens is 1. The van der Waals surface area contributed by atoms with Gasteiger partial charge in [0, 0.05) is 47.3 Å². The zero-order chi connectivity index (χ0) is 33.2. The lowest BCUT2D eigenvalue weighted by Crippen LogP contribution is -2.29. The Morgan fingerprint density at radius 3 is 2.55 bits per heavy atom. The van der Waals surface area contributed by atoms with Crippen molar-refractivity contribution in [2.24, 2.45) is 0 Å². The molecule has 5 rings (SSSR count). The van der Waals surface area contributed by atoms with E-state index in [1.807, 2.05) is 35.7 Å². The van der Waals surface area contributed by atoms with Crippen molar-refractivity contribution in [3.63, 3.8) is 0 Å². The molecule has 2 N–H and O–H groups in total. The maximum absolute atomic E-state index is 14.4. The van der Waals surface area contributed by atoms with E-state index in [1.165, 1.54) is 37.8 Å². The van der Waals surface area contributed by atoms with E-state index in [9.17, 15) is 14.3 Å². The number of fused-ring (bicyclic) bond motifs is 1. The zero-order valence-corrected chi connectivity index (χ0v) is 27.0. The number of methoxy groups -OCH3 is 3. The summed E-state index contributed by atoms with van der Waals surface area (Å²) >= 11 is 1.27. The summed E-state index contributed by atoms with van der Waals surface area (Å²) in [4.78, 5) is 17.4. The van der Waals surface area contributed by atoms with Gasteiger partial charge < -0.3 is 38.8 Å². The Kier molecular flexibility index (Phi) is 11.6. The van der Waals surface area contributed by atoms with E-state index in [2.05, 4.69) is 10.3 Å². The number of carbonyl (C=O) groups is 1. The van der Waals surface area contributed by atoms with Crippen molar-refractivity contribution in [1.29, 1.82) is 0 Å². The number of pyridine rings is 1. The molecule has 10 nitrogen and oxygen atoms in total. The summed E-state index contributed by atoms with van der Waals surface area (Å²) < 4.78 is 48.0. The predicted molar refractivity (Wildman–Crippen MR) is 176 cm³/mol. The van der Waals surface area contributed by atoms with E-state index in [0.717, 1.165) is 16.9 Å². The van der Waals surface area contributed by atoms with Gasteiger partial charge in [-0.25, -0.2) is 4.39 Å². The Morgan fingerprint density at radius 2 is 1.79 bits per heavy atom. The fraction of sp³-hybridized carbons (Fsp3) is 0.257. The van der Waals surface area contributed by atoms with Crippen LogP contribution in [0.2, 0.25) is 0 Å². The molecular weight excluding hydrogens is 627 g/mol. The molecule has 0 spiro atoms. The number of rotatable bonds is 16. The monoisotopic (exact) mass is 662 g/mol. The number of carbonyl (C=O) groups excluding carboxylic acids is 1. The van der Waals surface area contributed by atoms with Crippen LogP contribution in [0.15, 0.2) is 78.3 Å². The second-order valence-corrected chi connectivity index (χ2v) is 11.1. The highest BCUT2D eigenvalue weighted by Crippen LogP contribution is 2.41. The van der Waals surface area contributed by atoms with Crippen molar-refractivity contribution in [3.05, 3.63) is 101 Å². The van der Waals surface area contributed by atoms with E-state index < -0.39 is 12.0 Å². The minimum Gasteiger partial charge on any atom is -0.497 e. The SMILES string of the molecule is COCOc1c(-c2csc3c(F)cccc23)ccnc1C(O)CNC(=O)c1ccc(OCCOCc2ccc(OC)cc2)c(OC)c1. The number of aromatic nitrogens is 1. The van der Waals surface area contributed by atoms with Crippen LogP contribution in [-0.4, -0.2) is 63.9 Å². The minimum absolute atomic E-state index is 0.107. The van der Waals surface area contributed by atoms with Crippen LogP contribution in [0.3, 0.4) is 0 Å². The highest BCUT2D eigenvalue weighted by molar-refractivity contribution is 7.17. The number of aliphatic hydroxyl groups excluding tert-OH is 1. The van der Waals surface area contributed by atoms with Gasteiger partial charge in [-0.1, -0.05) is 24.3 Å². The van der Waals surface area contributed by atoms with Gasteiger partial charge in [0.15, 0.2) is 24.0 Å². The van der Waals surface area contributed by atoms with Crippen LogP contribution in [0, 0.1) is 5.82 Å². The van der Waals surface area contributed by atoms with Gasteiger partial charge in [-0.2, -0.15) is 0 Å². The summed E-state index contributed by atoms with van der Waals surface area (Å²) in [7, 11) is 4.58. The van der Waals surface area contributed by atoms with Gasteiger partial charge >= 0.3 is 0 Å². The maximum Gasteiger partial charge on any atom is 0.251 e. The normalized spacial score (nSPS) is 11.7. The molecule has 0 bridgehead atoms. The molecule has 0 fully saturated rings. The topological polar surface area (TPSA) is 118 Å². The van der Waals surface area contributed by atoms with Gasteiger partial charge in [-0.3, -0.25) is 9.78 Å². The van der Waals surface area contributed by atoms with E-state index >= 15 is 0 Å². The fourth-order valence-corrected chi connectivity index (χ4v) is 5.83. The zero-order valence-electron chi connectivity index (χ0n) is 26.2. The highest BCUT2D eigenvalue weighted by atomic mass is 32.1. The van der Waals surface area contributed by atoms with Crippen LogP contribution >= 0.6 is 11.3 Å². The first-order chi connectivity index (χ1) is 22.9. The van der Waals surface area contributed by atoms with Gasteiger partial charge in [-0.15, -0.1) is 11.3 Å². The second-order valence-electron chi connectivity index (χ2n) is 10.2. The molecule has 1 amide bonds. The summed E-state index contributed by atoms with van der Waals surface area (Å²) in [6, 6.07) is 19.0. The minimum atomic E-state index is -1.23. The standard InChI is InChI=1S/C35H35FN2O8S/c1-41-21-46-33-25(27-20-47-34-26(27)5-4-6-28(34)36)13-14-37-32(33)29(39)18-38-35(40)23-9-12-30(31(17-23)43-3)45-16-15-44-19-22-7-10-24(42-2)11-8-22/h4-14,17,20,29,39H,15-16,18-19,21H2,1-3H3,(H,38,40). The van der Waals surface area contributed by atoms with Gasteiger partial charge in [-0.05, 0) is 48.0 Å². The van der Waals surface area contributed by atoms with Crippen molar-refractivity contribution >= 4 is 27.3 Å². The van der Waals surface area contributed by atoms with Crippen LogP contribution in [0.1, 0.15) is 27.7 Å². The summed E-state index contributed by atoms with van der Waals surface area (Å²) in [5.41, 5.74) is 2.86. The molecule has 0 aliphatic rings. The Morgan fingerprint density at radius 1 is 0.957 bits per heavy atom. The van der Waals surface area contributed by atoms with Crippen molar-refractivity contribution in [1.82, 2.24) is 10.3 Å². The third kappa shape index (κ3) is 8.16. The van der Waals surface area contributed by atoms with Gasteiger partial charge in [0.2, 0.25) is 0 Å². The van der Waals surface area contributed by atoms with Crippen molar-refractivity contribution in [2.45, 2.75) is 12.7 Å². The third-order valence-electron chi connectivity index (χ3n) is 7.21. The summed E-state index contributed by atoms with van der Waals surface area (Å²) in [6.45, 7) is 0.786. The second kappa shape index (κ2) is 16.2. The number of hydrogen-bond acceptors (Lipinski definition) is 10. The molecule has 2 aromatic heterocycles. The van der Waals surface area contributed by atoms with Gasteiger partial charge in [0.05, 0.1) is 32.1 Å². The Hall–Kier alpha value is -4.75. The number of hydrogen-bond donors (Lipinski definition) is 2. The highest BCUT2D eigenvalue weighted by Gasteiger charge is 2.23. The molecule has 0 aliphatic carbocycles. The smallest absolute Gasteiger partial charge is 0.251 e. The van der Waals surface area contributed by atoms with Gasteiger partial charge in [0.25, 0.3) is 5.91 Å². The summed E-state index contributed by atoms with van der Waals surface area (Å²) in [6.07, 6.45) is 0.307. The molecule has 47 heavy (non-hydrogen) atoms. The largest absolute Gasteiger partial charge is 0.497 e. The lowest BCUT2D eigenvalue weighted by atomic mass is 10.0. The molecule has 246 valence electrons. The van der Waals surface area contributed by atoms with Crippen LogP contribution < -0.4 is 24.3 Å². The summed E-state index contributed by atoms with van der Waals surface area (Å²) in [5.74, 6) is 1.13. The molecule has 0 aliphatic heterocycles. The fourth-order valence-electron chi connectivity index (χ4n) is 4.85. The molecule has 3 aromatic carbocycles. The first-order valence-corrected chi connectivity index (χ1v) is 15.6. The van der Waals surface area contributed by atoms with Crippen molar-refractivity contribution < 1.29 is 42.7 Å². The number of amides is 1. The van der Waals surface area contributed by atoms with Crippen LogP contribution in [0.25, 0.3) is 21.2 Å². The number of nitrogens with one attached hydrogen (secondary N) is 1. The lowest BCUT2D eigenvalue weighted by molar-refractivity contribution is 0.0475. The van der Waals surface area contributed by atoms with E-state index in [-0.39, 0.29) is 37.2 Å². The van der Waals surface area contributed by atoms with Crippen LogP contribution in [0.5, 0.6) is 23.0 Å². The number of benzene rings is 3. The van der Waals surface area contributed by atoms with E-state index in [1.54, 1.807) is 37.4 Å². The Bertz CT molecular complexity index is 1800. The molecule has 0 saturated carbocycles. The molecule has 12 heteroatoms. The van der Waals surface area contributed by atoms with Crippen LogP contribution in [-0.2, 0) is 16.1 Å². The van der Waals surface area contributed by atoms with Crippen LogP contribution in [0.4, 0.5) is 4.39 Å². The van der Waals surface area contributed by atoms with Gasteiger partial charge in [0.1, 0.15) is 30.0 Å². The molecule has 1 atom stereocenters. The molecule has 1 unspecified atom stereocenters. The van der Waals surface area contributed by atoms with E-state index in [4.69, 9.17) is 28.4 Å². The van der Waals surface area contributed by atoms with Crippen molar-refractivity contribution in [2.75, 3.05) is 47.9 Å². The quantitative estimate of drug-likeness (QED) is 0.0946. The first kappa shape index (κ1) is 33.6. The summed E-state index contributed by atoms with van der Waals surface area (Å²) in [5, 5.41) is 16.4. The third-order valence-corrected chi connectivity index (χ3v) is 8.21.